The molecule has 0 bridgehead atoms. The first-order chi connectivity index (χ1) is 6.38. The maximum Gasteiger partial charge on any atom is 0.209 e. The smallest absolute Gasteiger partial charge is 0.209 e. The van der Waals surface area contributed by atoms with Gasteiger partial charge in [-0.2, -0.15) is 0 Å². The van der Waals surface area contributed by atoms with Crippen molar-refractivity contribution in [3.8, 4) is 0 Å². The lowest BCUT2D eigenvalue weighted by Gasteiger charge is -2.12. The van der Waals surface area contributed by atoms with Gasteiger partial charge in [0.05, 0.1) is 6.26 Å². The molecule has 1 atom stereocenters. The highest BCUT2D eigenvalue weighted by Crippen LogP contribution is 2.17. The molecule has 0 aliphatic carbocycles. The molecule has 0 heterocycles. The third-order valence-corrected chi connectivity index (χ3v) is 2.76. The van der Waals surface area contributed by atoms with Crippen LogP contribution in [0.3, 0.4) is 0 Å². The van der Waals surface area contributed by atoms with Crippen molar-refractivity contribution >= 4 is 21.6 Å². The summed E-state index contributed by atoms with van der Waals surface area (Å²) < 4.78 is 24.4. The van der Waals surface area contributed by atoms with E-state index in [-0.39, 0.29) is 6.04 Å². The molecule has 0 aromatic heterocycles. The molecular formula is C9H12ClNO2S. The maximum absolute atomic E-state index is 11.0. The van der Waals surface area contributed by atoms with Crippen molar-refractivity contribution in [2.75, 3.05) is 6.26 Å². The molecule has 0 saturated heterocycles. The van der Waals surface area contributed by atoms with Crippen LogP contribution in [0.5, 0.6) is 0 Å². The Labute approximate surface area is 89.1 Å². The van der Waals surface area contributed by atoms with E-state index in [4.69, 9.17) is 11.6 Å². The lowest BCUT2D eigenvalue weighted by Crippen LogP contribution is -2.25. The Kier molecular flexibility index (Phi) is 3.53. The molecule has 0 aliphatic rings. The molecule has 0 aliphatic heterocycles. The van der Waals surface area contributed by atoms with Crippen LogP contribution in [0.15, 0.2) is 24.3 Å². The Hall–Kier alpha value is -0.580. The number of sulfonamides is 1. The molecule has 14 heavy (non-hydrogen) atoms. The number of hydrogen-bond acceptors (Lipinski definition) is 2. The van der Waals surface area contributed by atoms with Gasteiger partial charge in [0.15, 0.2) is 0 Å². The van der Waals surface area contributed by atoms with E-state index in [0.29, 0.717) is 5.02 Å². The Balaban J connectivity index is 2.85. The summed E-state index contributed by atoms with van der Waals surface area (Å²) in [5.74, 6) is 0. The third kappa shape index (κ3) is 3.65. The Morgan fingerprint density at radius 1 is 1.43 bits per heavy atom. The molecule has 5 heteroatoms. The standard InChI is InChI=1S/C9H12ClNO2S/c1-7(11-14(2,12)13)8-4-3-5-9(10)6-8/h3-7,11H,1-2H3/t7-/m1/s1. The minimum atomic E-state index is -3.18. The van der Waals surface area contributed by atoms with E-state index in [0.717, 1.165) is 11.8 Å². The zero-order chi connectivity index (χ0) is 10.8. The predicted octanol–water partition coefficient (Wildman–Crippen LogP) is 1.95. The van der Waals surface area contributed by atoms with Gasteiger partial charge in [0.25, 0.3) is 0 Å². The van der Waals surface area contributed by atoms with Crippen LogP contribution in [0.25, 0.3) is 0 Å². The second-order valence-electron chi connectivity index (χ2n) is 3.17. The van der Waals surface area contributed by atoms with Crippen molar-refractivity contribution in [1.82, 2.24) is 4.72 Å². The van der Waals surface area contributed by atoms with E-state index < -0.39 is 10.0 Å². The van der Waals surface area contributed by atoms with Crippen LogP contribution in [0.4, 0.5) is 0 Å². The van der Waals surface area contributed by atoms with E-state index in [9.17, 15) is 8.42 Å². The van der Waals surface area contributed by atoms with Gasteiger partial charge in [-0.25, -0.2) is 13.1 Å². The van der Waals surface area contributed by atoms with Crippen molar-refractivity contribution in [2.24, 2.45) is 0 Å². The second kappa shape index (κ2) is 4.29. The van der Waals surface area contributed by atoms with Gasteiger partial charge in [-0.05, 0) is 24.6 Å². The Morgan fingerprint density at radius 3 is 2.57 bits per heavy atom. The average Bonchev–Trinajstić information content (AvgIpc) is 2.01. The molecule has 3 nitrogen and oxygen atoms in total. The van der Waals surface area contributed by atoms with E-state index >= 15 is 0 Å². The summed E-state index contributed by atoms with van der Waals surface area (Å²) in [5.41, 5.74) is 0.850. The predicted molar refractivity (Wildman–Crippen MR) is 57.8 cm³/mol. The number of rotatable bonds is 3. The van der Waals surface area contributed by atoms with E-state index in [1.54, 1.807) is 25.1 Å². The molecular weight excluding hydrogens is 222 g/mol. The monoisotopic (exact) mass is 233 g/mol. The summed E-state index contributed by atoms with van der Waals surface area (Å²) in [7, 11) is -3.18. The summed E-state index contributed by atoms with van der Waals surface area (Å²) in [6.07, 6.45) is 1.13. The Morgan fingerprint density at radius 2 is 2.07 bits per heavy atom. The van der Waals surface area contributed by atoms with Crippen molar-refractivity contribution in [2.45, 2.75) is 13.0 Å². The van der Waals surface area contributed by atoms with Gasteiger partial charge in [-0.1, -0.05) is 23.7 Å². The molecule has 0 saturated carbocycles. The van der Waals surface area contributed by atoms with Crippen molar-refractivity contribution in [1.29, 1.82) is 0 Å². The van der Waals surface area contributed by atoms with Gasteiger partial charge >= 0.3 is 0 Å². The van der Waals surface area contributed by atoms with Crippen LogP contribution < -0.4 is 4.72 Å². The van der Waals surface area contributed by atoms with Crippen LogP contribution >= 0.6 is 11.6 Å². The molecule has 0 radical (unpaired) electrons. The molecule has 1 rings (SSSR count). The van der Waals surface area contributed by atoms with Gasteiger partial charge in [0.2, 0.25) is 10.0 Å². The van der Waals surface area contributed by atoms with Crippen LogP contribution in [-0.4, -0.2) is 14.7 Å². The van der Waals surface area contributed by atoms with E-state index in [2.05, 4.69) is 4.72 Å². The number of halogens is 1. The van der Waals surface area contributed by atoms with E-state index in [1.165, 1.54) is 0 Å². The van der Waals surface area contributed by atoms with Crippen molar-refractivity contribution in [3.05, 3.63) is 34.9 Å². The molecule has 0 unspecified atom stereocenters. The van der Waals surface area contributed by atoms with Crippen LogP contribution in [-0.2, 0) is 10.0 Å². The van der Waals surface area contributed by atoms with E-state index in [1.807, 2.05) is 6.07 Å². The van der Waals surface area contributed by atoms with Crippen molar-refractivity contribution in [3.63, 3.8) is 0 Å². The molecule has 1 aromatic carbocycles. The maximum atomic E-state index is 11.0. The molecule has 1 N–H and O–H groups in total. The normalized spacial score (nSPS) is 13.9. The van der Waals surface area contributed by atoms with Gasteiger partial charge in [0.1, 0.15) is 0 Å². The lowest BCUT2D eigenvalue weighted by molar-refractivity contribution is 0.573. The molecule has 0 fully saturated rings. The second-order valence-corrected chi connectivity index (χ2v) is 5.38. The number of hydrogen-bond donors (Lipinski definition) is 1. The van der Waals surface area contributed by atoms with Gasteiger partial charge in [0, 0.05) is 11.1 Å². The minimum Gasteiger partial charge on any atom is -0.213 e. The van der Waals surface area contributed by atoms with Crippen LogP contribution in [0.1, 0.15) is 18.5 Å². The minimum absolute atomic E-state index is 0.260. The van der Waals surface area contributed by atoms with Crippen LogP contribution in [0, 0.1) is 0 Å². The zero-order valence-electron chi connectivity index (χ0n) is 7.99. The molecule has 78 valence electrons. The first-order valence-electron chi connectivity index (χ1n) is 4.11. The summed E-state index contributed by atoms with van der Waals surface area (Å²) >= 11 is 5.78. The highest BCUT2D eigenvalue weighted by atomic mass is 35.5. The Bertz CT molecular complexity index is 417. The number of benzene rings is 1. The molecule has 0 amide bonds. The van der Waals surface area contributed by atoms with Gasteiger partial charge in [-0.15, -0.1) is 0 Å². The SMILES string of the molecule is C[C@@H](NS(C)(=O)=O)c1cccc(Cl)c1. The first-order valence-corrected chi connectivity index (χ1v) is 6.38. The van der Waals surface area contributed by atoms with Crippen molar-refractivity contribution < 1.29 is 8.42 Å². The third-order valence-electron chi connectivity index (χ3n) is 1.74. The van der Waals surface area contributed by atoms with Gasteiger partial charge in [-0.3, -0.25) is 0 Å². The summed E-state index contributed by atoms with van der Waals surface area (Å²) in [6.45, 7) is 1.77. The topological polar surface area (TPSA) is 46.2 Å². The fourth-order valence-corrected chi connectivity index (χ4v) is 2.14. The largest absolute Gasteiger partial charge is 0.213 e. The molecule has 1 aromatic rings. The fraction of sp³-hybridized carbons (Fsp3) is 0.333. The first kappa shape index (κ1) is 11.5. The highest BCUT2D eigenvalue weighted by molar-refractivity contribution is 7.88. The highest BCUT2D eigenvalue weighted by Gasteiger charge is 2.10. The zero-order valence-corrected chi connectivity index (χ0v) is 9.56. The quantitative estimate of drug-likeness (QED) is 0.868. The average molecular weight is 234 g/mol. The lowest BCUT2D eigenvalue weighted by atomic mass is 10.1. The molecule has 0 spiro atoms. The summed E-state index contributed by atoms with van der Waals surface area (Å²) in [5, 5.41) is 0.602. The fourth-order valence-electron chi connectivity index (χ4n) is 1.17. The summed E-state index contributed by atoms with van der Waals surface area (Å²) in [6, 6.07) is 6.85. The number of nitrogens with one attached hydrogen (secondary N) is 1. The summed E-state index contributed by atoms with van der Waals surface area (Å²) in [4.78, 5) is 0. The van der Waals surface area contributed by atoms with Gasteiger partial charge < -0.3 is 0 Å². The van der Waals surface area contributed by atoms with Crippen LogP contribution in [0.2, 0.25) is 5.02 Å².